The Morgan fingerprint density at radius 3 is 1.88 bits per heavy atom. The Morgan fingerprint density at radius 1 is 0.500 bits per heavy atom. The van der Waals surface area contributed by atoms with Gasteiger partial charge in [0.15, 0.2) is 0 Å². The molecule has 0 bridgehead atoms. The molecule has 8 rings (SSSR count). The maximum atomic E-state index is 6.19. The normalized spacial score (nSPS) is 12.2. The van der Waals surface area contributed by atoms with E-state index in [2.05, 4.69) is 147 Å². The third kappa shape index (κ3) is 3.87. The van der Waals surface area contributed by atoms with Gasteiger partial charge >= 0.3 is 0 Å². The Morgan fingerprint density at radius 2 is 1.12 bits per heavy atom. The molecule has 0 unspecified atom stereocenters. The molecule has 0 atom stereocenters. The first-order valence-corrected chi connectivity index (χ1v) is 14.6. The van der Waals surface area contributed by atoms with Crippen LogP contribution in [0.1, 0.15) is 26.3 Å². The van der Waals surface area contributed by atoms with Gasteiger partial charge in [0.2, 0.25) is 0 Å². The molecule has 0 radical (unpaired) electrons. The van der Waals surface area contributed by atoms with E-state index in [1.165, 1.54) is 55.0 Å². The molecule has 0 spiro atoms. The molecule has 0 fully saturated rings. The number of aromatic nitrogens is 1. The molecule has 8 aromatic rings. The molecule has 0 aliphatic heterocycles. The fourth-order valence-electron chi connectivity index (χ4n) is 6.40. The van der Waals surface area contributed by atoms with E-state index in [0.29, 0.717) is 0 Å². The lowest BCUT2D eigenvalue weighted by Gasteiger charge is -2.19. The van der Waals surface area contributed by atoms with Crippen LogP contribution in [0, 0.1) is 0 Å². The highest BCUT2D eigenvalue weighted by atomic mass is 16.3. The number of nitrogens with zero attached hydrogens (tertiary/aromatic N) is 1. The SMILES string of the molecule is CC(C)(C)c1ccc(-c2ccc(-n3c4ccccc4c4cc(-c5cccc6oc7ccccc7c56)ccc43)cc2)cc1. The van der Waals surface area contributed by atoms with Crippen molar-refractivity contribution in [2.75, 3.05) is 0 Å². The summed E-state index contributed by atoms with van der Waals surface area (Å²) in [6, 6.07) is 48.2. The van der Waals surface area contributed by atoms with Gasteiger partial charge in [-0.1, -0.05) is 112 Å². The van der Waals surface area contributed by atoms with E-state index >= 15 is 0 Å². The molecular formula is C40H31NO. The molecule has 202 valence electrons. The summed E-state index contributed by atoms with van der Waals surface area (Å²) in [6.07, 6.45) is 0. The van der Waals surface area contributed by atoms with E-state index in [-0.39, 0.29) is 5.41 Å². The maximum Gasteiger partial charge on any atom is 0.136 e. The first-order valence-electron chi connectivity index (χ1n) is 14.6. The van der Waals surface area contributed by atoms with Crippen molar-refractivity contribution in [2.45, 2.75) is 26.2 Å². The second kappa shape index (κ2) is 9.22. The summed E-state index contributed by atoms with van der Waals surface area (Å²) in [7, 11) is 0. The molecular weight excluding hydrogens is 510 g/mol. The molecule has 6 aromatic carbocycles. The van der Waals surface area contributed by atoms with Gasteiger partial charge in [-0.25, -0.2) is 0 Å². The first-order chi connectivity index (χ1) is 20.5. The largest absolute Gasteiger partial charge is 0.456 e. The van der Waals surface area contributed by atoms with Crippen LogP contribution in [-0.4, -0.2) is 4.57 Å². The monoisotopic (exact) mass is 541 g/mol. The van der Waals surface area contributed by atoms with Crippen LogP contribution in [0.5, 0.6) is 0 Å². The van der Waals surface area contributed by atoms with Crippen molar-refractivity contribution in [1.29, 1.82) is 0 Å². The summed E-state index contributed by atoms with van der Waals surface area (Å²) in [5.74, 6) is 0. The lowest BCUT2D eigenvalue weighted by molar-refractivity contribution is 0.590. The van der Waals surface area contributed by atoms with Gasteiger partial charge in [0.1, 0.15) is 11.2 Å². The molecule has 0 aliphatic carbocycles. The van der Waals surface area contributed by atoms with Crippen LogP contribution in [0.3, 0.4) is 0 Å². The summed E-state index contributed by atoms with van der Waals surface area (Å²) >= 11 is 0. The van der Waals surface area contributed by atoms with Crippen molar-refractivity contribution in [2.24, 2.45) is 0 Å². The summed E-state index contributed by atoms with van der Waals surface area (Å²) in [6.45, 7) is 6.77. The smallest absolute Gasteiger partial charge is 0.136 e. The lowest BCUT2D eigenvalue weighted by atomic mass is 9.86. The van der Waals surface area contributed by atoms with Crippen molar-refractivity contribution in [3.8, 4) is 27.9 Å². The third-order valence-electron chi connectivity index (χ3n) is 8.60. The van der Waals surface area contributed by atoms with Crippen LogP contribution in [0.25, 0.3) is 71.7 Å². The third-order valence-corrected chi connectivity index (χ3v) is 8.60. The summed E-state index contributed by atoms with van der Waals surface area (Å²) in [5.41, 5.74) is 11.8. The van der Waals surface area contributed by atoms with Crippen LogP contribution in [0.15, 0.2) is 138 Å². The zero-order chi connectivity index (χ0) is 28.4. The standard InChI is InChI=1S/C40H31NO/c1-40(2,3)29-20-15-26(16-21-29)27-17-22-30(23-18-27)41-35-12-6-4-9-32(35)34-25-28(19-24-36(34)41)31-11-8-14-38-39(31)33-10-5-7-13-37(33)42-38/h4-25H,1-3H3. The second-order valence-electron chi connectivity index (χ2n) is 12.2. The minimum Gasteiger partial charge on any atom is -0.456 e. The van der Waals surface area contributed by atoms with E-state index in [4.69, 9.17) is 4.42 Å². The van der Waals surface area contributed by atoms with Crippen LogP contribution < -0.4 is 0 Å². The van der Waals surface area contributed by atoms with Crippen LogP contribution >= 0.6 is 0 Å². The molecule has 2 heterocycles. The molecule has 2 aromatic heterocycles. The van der Waals surface area contributed by atoms with Crippen molar-refractivity contribution in [3.63, 3.8) is 0 Å². The number of benzene rings is 6. The van der Waals surface area contributed by atoms with E-state index in [1.807, 2.05) is 12.1 Å². The van der Waals surface area contributed by atoms with Gasteiger partial charge < -0.3 is 8.98 Å². The molecule has 2 nitrogen and oxygen atoms in total. The Balaban J connectivity index is 1.26. The van der Waals surface area contributed by atoms with Crippen molar-refractivity contribution in [1.82, 2.24) is 4.57 Å². The molecule has 0 aliphatic rings. The zero-order valence-electron chi connectivity index (χ0n) is 24.1. The van der Waals surface area contributed by atoms with Gasteiger partial charge in [0, 0.05) is 27.2 Å². The fourth-order valence-corrected chi connectivity index (χ4v) is 6.40. The summed E-state index contributed by atoms with van der Waals surface area (Å²) in [5, 5.41) is 4.82. The average Bonchev–Trinajstić information content (AvgIpc) is 3.56. The second-order valence-corrected chi connectivity index (χ2v) is 12.2. The molecule has 0 amide bonds. The van der Waals surface area contributed by atoms with E-state index in [0.717, 1.165) is 22.2 Å². The number of hydrogen-bond donors (Lipinski definition) is 0. The van der Waals surface area contributed by atoms with Crippen molar-refractivity contribution in [3.05, 3.63) is 139 Å². The molecule has 2 heteroatoms. The first kappa shape index (κ1) is 24.7. The van der Waals surface area contributed by atoms with E-state index < -0.39 is 0 Å². The molecule has 0 saturated carbocycles. The lowest BCUT2D eigenvalue weighted by Crippen LogP contribution is -2.10. The van der Waals surface area contributed by atoms with E-state index in [9.17, 15) is 0 Å². The highest BCUT2D eigenvalue weighted by Crippen LogP contribution is 2.40. The Bertz CT molecular complexity index is 2260. The number of para-hydroxylation sites is 2. The highest BCUT2D eigenvalue weighted by Gasteiger charge is 2.17. The number of fused-ring (bicyclic) bond motifs is 6. The van der Waals surface area contributed by atoms with Crippen LogP contribution in [-0.2, 0) is 5.41 Å². The minimum atomic E-state index is 0.150. The van der Waals surface area contributed by atoms with Gasteiger partial charge in [0.05, 0.1) is 11.0 Å². The predicted molar refractivity (Wildman–Crippen MR) is 178 cm³/mol. The van der Waals surface area contributed by atoms with Gasteiger partial charge in [-0.3, -0.25) is 0 Å². The molecule has 0 saturated heterocycles. The topological polar surface area (TPSA) is 18.1 Å². The summed E-state index contributed by atoms with van der Waals surface area (Å²) in [4.78, 5) is 0. The van der Waals surface area contributed by atoms with Gasteiger partial charge in [-0.15, -0.1) is 0 Å². The quantitative estimate of drug-likeness (QED) is 0.217. The molecule has 42 heavy (non-hydrogen) atoms. The minimum absolute atomic E-state index is 0.150. The van der Waals surface area contributed by atoms with Crippen molar-refractivity contribution < 1.29 is 4.42 Å². The van der Waals surface area contributed by atoms with Crippen LogP contribution in [0.4, 0.5) is 0 Å². The Kier molecular flexibility index (Phi) is 5.42. The van der Waals surface area contributed by atoms with Gasteiger partial charge in [0.25, 0.3) is 0 Å². The number of hydrogen-bond acceptors (Lipinski definition) is 1. The van der Waals surface area contributed by atoms with Crippen molar-refractivity contribution >= 4 is 43.7 Å². The predicted octanol–water partition coefficient (Wildman–Crippen LogP) is 11.3. The highest BCUT2D eigenvalue weighted by molar-refractivity contribution is 6.15. The van der Waals surface area contributed by atoms with E-state index in [1.54, 1.807) is 0 Å². The van der Waals surface area contributed by atoms with Crippen LogP contribution in [0.2, 0.25) is 0 Å². The Hall–Kier alpha value is -5.08. The van der Waals surface area contributed by atoms with Gasteiger partial charge in [-0.2, -0.15) is 0 Å². The number of rotatable bonds is 3. The molecule has 0 N–H and O–H groups in total. The maximum absolute atomic E-state index is 6.19. The summed E-state index contributed by atoms with van der Waals surface area (Å²) < 4.78 is 8.58. The Labute approximate surface area is 245 Å². The fraction of sp³-hybridized carbons (Fsp3) is 0.100. The zero-order valence-corrected chi connectivity index (χ0v) is 24.1. The number of furan rings is 1. The average molecular weight is 542 g/mol. The van der Waals surface area contributed by atoms with Gasteiger partial charge in [-0.05, 0) is 75.7 Å².